The van der Waals surface area contributed by atoms with E-state index in [1.807, 2.05) is 36.4 Å². The normalized spacial score (nSPS) is 13.9. The van der Waals surface area contributed by atoms with Crippen molar-refractivity contribution in [2.75, 3.05) is 10.6 Å². The van der Waals surface area contributed by atoms with Crippen molar-refractivity contribution in [2.24, 2.45) is 0 Å². The van der Waals surface area contributed by atoms with Gasteiger partial charge < -0.3 is 10.6 Å². The van der Waals surface area contributed by atoms with Crippen LogP contribution in [0, 0.1) is 5.82 Å². The maximum absolute atomic E-state index is 13.7. The molecule has 8 nitrogen and oxygen atoms in total. The fourth-order valence-corrected chi connectivity index (χ4v) is 4.47. The summed E-state index contributed by atoms with van der Waals surface area (Å²) >= 11 is 0. The lowest BCUT2D eigenvalue weighted by Gasteiger charge is -2.12. The van der Waals surface area contributed by atoms with E-state index in [4.69, 9.17) is 10.1 Å². The van der Waals surface area contributed by atoms with Crippen molar-refractivity contribution in [3.05, 3.63) is 79.0 Å². The summed E-state index contributed by atoms with van der Waals surface area (Å²) in [5, 5.41) is 11.6. The Morgan fingerprint density at radius 2 is 1.69 bits per heavy atom. The minimum atomic E-state index is -0.307. The first-order valence-corrected chi connectivity index (χ1v) is 11.7. The third kappa shape index (κ3) is 4.28. The van der Waals surface area contributed by atoms with Gasteiger partial charge in [0, 0.05) is 23.5 Å². The second-order valence-corrected chi connectivity index (χ2v) is 8.55. The molecule has 3 aromatic heterocycles. The lowest BCUT2D eigenvalue weighted by atomic mass is 10.1. The van der Waals surface area contributed by atoms with Crippen LogP contribution in [0.5, 0.6) is 0 Å². The Morgan fingerprint density at radius 3 is 2.49 bits per heavy atom. The van der Waals surface area contributed by atoms with Crippen molar-refractivity contribution in [2.45, 2.75) is 31.7 Å². The predicted molar refractivity (Wildman–Crippen MR) is 133 cm³/mol. The summed E-state index contributed by atoms with van der Waals surface area (Å²) in [7, 11) is 0. The molecule has 174 valence electrons. The van der Waals surface area contributed by atoms with Crippen LogP contribution in [-0.4, -0.2) is 35.6 Å². The lowest BCUT2D eigenvalue weighted by Crippen LogP contribution is -2.18. The largest absolute Gasteiger partial charge is 0.351 e. The summed E-state index contributed by atoms with van der Waals surface area (Å²) < 4.78 is 15.4. The molecule has 0 atom stereocenters. The Bertz CT molecular complexity index is 1460. The zero-order chi connectivity index (χ0) is 23.6. The minimum Gasteiger partial charge on any atom is -0.351 e. The number of halogens is 1. The molecule has 0 amide bonds. The second kappa shape index (κ2) is 9.09. The molecule has 0 radical (unpaired) electrons. The first kappa shape index (κ1) is 21.2. The third-order valence-corrected chi connectivity index (χ3v) is 6.17. The first-order chi connectivity index (χ1) is 17.2. The third-order valence-electron chi connectivity index (χ3n) is 6.17. The molecule has 0 bridgehead atoms. The smallest absolute Gasteiger partial charge is 0.227 e. The Hall–Kier alpha value is -4.40. The van der Waals surface area contributed by atoms with E-state index in [1.54, 1.807) is 22.8 Å². The molecule has 0 unspecified atom stereocenters. The topological polar surface area (TPSA) is 92.9 Å². The van der Waals surface area contributed by atoms with Crippen LogP contribution < -0.4 is 10.6 Å². The average molecular weight is 467 g/mol. The van der Waals surface area contributed by atoms with Crippen LogP contribution in [0.1, 0.15) is 25.7 Å². The van der Waals surface area contributed by atoms with Crippen molar-refractivity contribution >= 4 is 23.2 Å². The number of para-hydroxylation sites is 1. The van der Waals surface area contributed by atoms with Gasteiger partial charge in [-0.2, -0.15) is 9.61 Å². The quantitative estimate of drug-likeness (QED) is 0.342. The SMILES string of the molecule is Fc1ccc(-c2nn3c(NC4CCCC4)ncnc3c2-c2ccnc(Nc3ccccc3)n2)cc1. The molecule has 5 aromatic rings. The molecular formula is C26H23FN8. The number of hydrogen-bond donors (Lipinski definition) is 2. The van der Waals surface area contributed by atoms with E-state index >= 15 is 0 Å². The van der Waals surface area contributed by atoms with Gasteiger partial charge in [-0.15, -0.1) is 0 Å². The number of nitrogens with zero attached hydrogens (tertiary/aromatic N) is 6. The van der Waals surface area contributed by atoms with Crippen LogP contribution in [-0.2, 0) is 0 Å². The van der Waals surface area contributed by atoms with Gasteiger partial charge in [0.05, 0.1) is 11.3 Å². The zero-order valence-corrected chi connectivity index (χ0v) is 18.9. The van der Waals surface area contributed by atoms with Gasteiger partial charge in [-0.1, -0.05) is 31.0 Å². The molecule has 0 saturated heterocycles. The fourth-order valence-electron chi connectivity index (χ4n) is 4.47. The highest BCUT2D eigenvalue weighted by molar-refractivity contribution is 5.89. The van der Waals surface area contributed by atoms with Crippen LogP contribution >= 0.6 is 0 Å². The predicted octanol–water partition coefficient (Wildman–Crippen LogP) is 5.49. The molecule has 35 heavy (non-hydrogen) atoms. The molecule has 1 fully saturated rings. The van der Waals surface area contributed by atoms with Crippen LogP contribution in [0.4, 0.5) is 22.0 Å². The molecule has 2 N–H and O–H groups in total. The van der Waals surface area contributed by atoms with Crippen molar-refractivity contribution < 1.29 is 4.39 Å². The second-order valence-electron chi connectivity index (χ2n) is 8.55. The maximum atomic E-state index is 13.7. The van der Waals surface area contributed by atoms with E-state index in [-0.39, 0.29) is 5.82 Å². The average Bonchev–Trinajstić information content (AvgIpc) is 3.54. The molecule has 9 heteroatoms. The first-order valence-electron chi connectivity index (χ1n) is 11.7. The number of aromatic nitrogens is 6. The summed E-state index contributed by atoms with van der Waals surface area (Å²) in [6.07, 6.45) is 7.85. The zero-order valence-electron chi connectivity index (χ0n) is 18.9. The molecular weight excluding hydrogens is 443 g/mol. The summed E-state index contributed by atoms with van der Waals surface area (Å²) in [5.41, 5.74) is 4.28. The molecule has 2 aromatic carbocycles. The van der Waals surface area contributed by atoms with Gasteiger partial charge in [0.2, 0.25) is 11.9 Å². The summed E-state index contributed by atoms with van der Waals surface area (Å²) in [5.74, 6) is 0.781. The van der Waals surface area contributed by atoms with Gasteiger partial charge in [0.25, 0.3) is 0 Å². The molecule has 3 heterocycles. The Kier molecular flexibility index (Phi) is 5.50. The lowest BCUT2D eigenvalue weighted by molar-refractivity contribution is 0.628. The van der Waals surface area contributed by atoms with E-state index in [2.05, 4.69) is 25.6 Å². The molecule has 0 aliphatic heterocycles. The molecule has 1 saturated carbocycles. The van der Waals surface area contributed by atoms with Gasteiger partial charge in [0.1, 0.15) is 17.8 Å². The monoisotopic (exact) mass is 466 g/mol. The number of benzene rings is 2. The van der Waals surface area contributed by atoms with Gasteiger partial charge in [-0.3, -0.25) is 0 Å². The van der Waals surface area contributed by atoms with E-state index in [0.717, 1.165) is 29.7 Å². The van der Waals surface area contributed by atoms with E-state index in [1.165, 1.54) is 31.3 Å². The summed E-state index contributed by atoms with van der Waals surface area (Å²) in [6, 6.07) is 18.2. The van der Waals surface area contributed by atoms with Crippen LogP contribution in [0.15, 0.2) is 73.2 Å². The number of fused-ring (bicyclic) bond motifs is 1. The standard InChI is InChI=1S/C26H23FN8/c27-18-12-10-17(11-13-18)23-22(21-14-15-28-25(33-21)31-19-6-2-1-3-7-19)24-29-16-30-26(35(24)34-23)32-20-8-4-5-9-20/h1-3,6-7,10-16,20H,4-5,8-9H2,(H,28,31,33)(H,29,30,32). The highest BCUT2D eigenvalue weighted by Crippen LogP contribution is 2.35. The molecule has 0 spiro atoms. The number of anilines is 3. The van der Waals surface area contributed by atoms with Crippen LogP contribution in [0.3, 0.4) is 0 Å². The Balaban J connectivity index is 1.49. The van der Waals surface area contributed by atoms with Crippen molar-refractivity contribution in [3.8, 4) is 22.5 Å². The highest BCUT2D eigenvalue weighted by atomic mass is 19.1. The number of nitrogens with one attached hydrogen (secondary N) is 2. The molecule has 6 rings (SSSR count). The maximum Gasteiger partial charge on any atom is 0.227 e. The van der Waals surface area contributed by atoms with E-state index in [0.29, 0.717) is 35.0 Å². The highest BCUT2D eigenvalue weighted by Gasteiger charge is 2.23. The fraction of sp³-hybridized carbons (Fsp3) is 0.192. The summed E-state index contributed by atoms with van der Waals surface area (Å²) in [4.78, 5) is 18.2. The molecule has 1 aliphatic carbocycles. The van der Waals surface area contributed by atoms with Crippen molar-refractivity contribution in [1.29, 1.82) is 0 Å². The van der Waals surface area contributed by atoms with E-state index < -0.39 is 0 Å². The van der Waals surface area contributed by atoms with Crippen molar-refractivity contribution in [1.82, 2.24) is 29.5 Å². The van der Waals surface area contributed by atoms with Crippen molar-refractivity contribution in [3.63, 3.8) is 0 Å². The van der Waals surface area contributed by atoms with Crippen LogP contribution in [0.2, 0.25) is 0 Å². The van der Waals surface area contributed by atoms with Gasteiger partial charge in [-0.25, -0.2) is 24.3 Å². The minimum absolute atomic E-state index is 0.307. The van der Waals surface area contributed by atoms with Gasteiger partial charge in [-0.05, 0) is 55.3 Å². The van der Waals surface area contributed by atoms with E-state index in [9.17, 15) is 4.39 Å². The Morgan fingerprint density at radius 1 is 0.886 bits per heavy atom. The van der Waals surface area contributed by atoms with Gasteiger partial charge in [0.15, 0.2) is 5.65 Å². The molecule has 1 aliphatic rings. The number of rotatable bonds is 6. The number of hydrogen-bond acceptors (Lipinski definition) is 7. The van der Waals surface area contributed by atoms with Crippen LogP contribution in [0.25, 0.3) is 28.2 Å². The Labute approximate surface area is 201 Å². The summed E-state index contributed by atoms with van der Waals surface area (Å²) in [6.45, 7) is 0. The van der Waals surface area contributed by atoms with Gasteiger partial charge >= 0.3 is 0 Å².